The number of hydrogen-bond donors (Lipinski definition) is 2. The SMILES string of the molecule is COc1cccc(NC(N)=NCc2cc(C)oc2C)c1. The molecule has 0 spiro atoms. The van der Waals surface area contributed by atoms with Crippen molar-refractivity contribution in [2.75, 3.05) is 12.4 Å². The number of aliphatic imine (C=N–C) groups is 1. The number of methoxy groups -OCH3 is 1. The van der Waals surface area contributed by atoms with E-state index in [1.165, 1.54) is 0 Å². The Balaban J connectivity index is 2.02. The predicted molar refractivity (Wildman–Crippen MR) is 80.1 cm³/mol. The Morgan fingerprint density at radius 3 is 2.80 bits per heavy atom. The molecule has 1 aromatic heterocycles. The molecule has 0 bridgehead atoms. The number of nitrogens with two attached hydrogens (primary N) is 1. The minimum absolute atomic E-state index is 0.358. The van der Waals surface area contributed by atoms with Crippen molar-refractivity contribution in [2.24, 2.45) is 10.7 Å². The highest BCUT2D eigenvalue weighted by Gasteiger charge is 2.04. The van der Waals surface area contributed by atoms with Gasteiger partial charge in [0.2, 0.25) is 0 Å². The van der Waals surface area contributed by atoms with Gasteiger partial charge in [0.05, 0.1) is 13.7 Å². The molecule has 1 aromatic carbocycles. The monoisotopic (exact) mass is 273 g/mol. The molecule has 5 nitrogen and oxygen atoms in total. The molecule has 2 aromatic rings. The zero-order valence-electron chi connectivity index (χ0n) is 11.9. The molecule has 0 aliphatic carbocycles. The van der Waals surface area contributed by atoms with Crippen LogP contribution in [-0.4, -0.2) is 13.1 Å². The van der Waals surface area contributed by atoms with E-state index in [-0.39, 0.29) is 0 Å². The number of furan rings is 1. The maximum atomic E-state index is 5.87. The van der Waals surface area contributed by atoms with E-state index < -0.39 is 0 Å². The Morgan fingerprint density at radius 2 is 2.15 bits per heavy atom. The summed E-state index contributed by atoms with van der Waals surface area (Å²) in [7, 11) is 1.63. The molecule has 20 heavy (non-hydrogen) atoms. The molecular weight excluding hydrogens is 254 g/mol. The Kier molecular flexibility index (Phi) is 4.30. The van der Waals surface area contributed by atoms with Gasteiger partial charge in [0, 0.05) is 17.3 Å². The number of nitrogens with one attached hydrogen (secondary N) is 1. The Hall–Kier alpha value is -2.43. The molecule has 5 heteroatoms. The summed E-state index contributed by atoms with van der Waals surface area (Å²) in [5, 5.41) is 3.03. The van der Waals surface area contributed by atoms with Gasteiger partial charge in [0.25, 0.3) is 0 Å². The lowest BCUT2D eigenvalue weighted by molar-refractivity contribution is 0.415. The van der Waals surface area contributed by atoms with Gasteiger partial charge in [-0.3, -0.25) is 0 Å². The quantitative estimate of drug-likeness (QED) is 0.663. The summed E-state index contributed by atoms with van der Waals surface area (Å²) in [5.74, 6) is 2.88. The normalized spacial score (nSPS) is 11.4. The average Bonchev–Trinajstić information content (AvgIpc) is 2.75. The first-order valence-corrected chi connectivity index (χ1v) is 6.35. The Bertz CT molecular complexity index is 617. The summed E-state index contributed by atoms with van der Waals surface area (Å²) in [6.07, 6.45) is 0. The summed E-state index contributed by atoms with van der Waals surface area (Å²) in [5.41, 5.74) is 7.75. The third-order valence-electron chi connectivity index (χ3n) is 2.91. The van der Waals surface area contributed by atoms with Gasteiger partial charge in [0.15, 0.2) is 5.96 Å². The van der Waals surface area contributed by atoms with E-state index >= 15 is 0 Å². The number of hydrogen-bond acceptors (Lipinski definition) is 3. The minimum Gasteiger partial charge on any atom is -0.497 e. The van der Waals surface area contributed by atoms with E-state index in [9.17, 15) is 0 Å². The van der Waals surface area contributed by atoms with Gasteiger partial charge < -0.3 is 20.2 Å². The van der Waals surface area contributed by atoms with Crippen molar-refractivity contribution in [1.29, 1.82) is 0 Å². The van der Waals surface area contributed by atoms with Crippen molar-refractivity contribution in [3.05, 3.63) is 47.4 Å². The van der Waals surface area contributed by atoms with E-state index in [4.69, 9.17) is 14.9 Å². The van der Waals surface area contributed by atoms with Crippen molar-refractivity contribution >= 4 is 11.6 Å². The van der Waals surface area contributed by atoms with Gasteiger partial charge in [-0.15, -0.1) is 0 Å². The van der Waals surface area contributed by atoms with Crippen molar-refractivity contribution in [3.63, 3.8) is 0 Å². The lowest BCUT2D eigenvalue weighted by Crippen LogP contribution is -2.22. The van der Waals surface area contributed by atoms with Gasteiger partial charge in [-0.25, -0.2) is 4.99 Å². The molecule has 0 unspecified atom stereocenters. The molecule has 1 heterocycles. The standard InChI is InChI=1S/C15H19N3O2/c1-10-7-12(11(2)20-10)9-17-15(16)18-13-5-4-6-14(8-13)19-3/h4-8H,9H2,1-3H3,(H3,16,17,18). The predicted octanol–water partition coefficient (Wildman–Crippen LogP) is 2.83. The van der Waals surface area contributed by atoms with Gasteiger partial charge in [-0.05, 0) is 32.0 Å². The molecule has 0 atom stereocenters. The van der Waals surface area contributed by atoms with Crippen LogP contribution in [0.25, 0.3) is 0 Å². The fraction of sp³-hybridized carbons (Fsp3) is 0.267. The van der Waals surface area contributed by atoms with Gasteiger partial charge in [0.1, 0.15) is 17.3 Å². The summed E-state index contributed by atoms with van der Waals surface area (Å²) >= 11 is 0. The first-order valence-electron chi connectivity index (χ1n) is 6.35. The summed E-state index contributed by atoms with van der Waals surface area (Å²) in [4.78, 5) is 4.30. The maximum absolute atomic E-state index is 5.87. The van der Waals surface area contributed by atoms with Crippen LogP contribution in [0.1, 0.15) is 17.1 Å². The van der Waals surface area contributed by atoms with Gasteiger partial charge in [-0.1, -0.05) is 6.07 Å². The smallest absolute Gasteiger partial charge is 0.193 e. The fourth-order valence-corrected chi connectivity index (χ4v) is 1.90. The topological polar surface area (TPSA) is 72.8 Å². The number of anilines is 1. The largest absolute Gasteiger partial charge is 0.497 e. The van der Waals surface area contributed by atoms with Gasteiger partial charge in [-0.2, -0.15) is 0 Å². The molecule has 0 fully saturated rings. The summed E-state index contributed by atoms with van der Waals surface area (Å²) in [6.45, 7) is 4.33. The van der Waals surface area contributed by atoms with Crippen molar-refractivity contribution in [3.8, 4) is 5.75 Å². The zero-order chi connectivity index (χ0) is 14.5. The second kappa shape index (κ2) is 6.14. The summed E-state index contributed by atoms with van der Waals surface area (Å²) < 4.78 is 10.6. The van der Waals surface area contributed by atoms with E-state index in [0.717, 1.165) is 28.5 Å². The van der Waals surface area contributed by atoms with Crippen LogP contribution in [0.15, 0.2) is 39.7 Å². The van der Waals surface area contributed by atoms with E-state index in [1.807, 2.05) is 44.2 Å². The number of aryl methyl sites for hydroxylation is 2. The van der Waals surface area contributed by atoms with Crippen LogP contribution < -0.4 is 15.8 Å². The molecule has 0 aliphatic heterocycles. The van der Waals surface area contributed by atoms with Crippen molar-refractivity contribution in [2.45, 2.75) is 20.4 Å². The molecule has 0 amide bonds. The number of benzene rings is 1. The second-order valence-electron chi connectivity index (χ2n) is 4.50. The van der Waals surface area contributed by atoms with Crippen LogP contribution in [0.2, 0.25) is 0 Å². The van der Waals surface area contributed by atoms with E-state index in [0.29, 0.717) is 12.5 Å². The fourth-order valence-electron chi connectivity index (χ4n) is 1.90. The van der Waals surface area contributed by atoms with E-state index in [2.05, 4.69) is 10.3 Å². The maximum Gasteiger partial charge on any atom is 0.193 e. The number of ether oxygens (including phenoxy) is 1. The molecule has 2 rings (SSSR count). The Labute approximate surface area is 118 Å². The van der Waals surface area contributed by atoms with Crippen LogP contribution in [0, 0.1) is 13.8 Å². The van der Waals surface area contributed by atoms with Crippen molar-refractivity contribution < 1.29 is 9.15 Å². The Morgan fingerprint density at radius 1 is 1.35 bits per heavy atom. The average molecular weight is 273 g/mol. The summed E-state index contributed by atoms with van der Waals surface area (Å²) in [6, 6.07) is 9.49. The highest BCUT2D eigenvalue weighted by atomic mass is 16.5. The molecule has 106 valence electrons. The highest BCUT2D eigenvalue weighted by Crippen LogP contribution is 2.17. The molecule has 0 aliphatic rings. The molecule has 0 radical (unpaired) electrons. The first kappa shape index (κ1) is 14.0. The minimum atomic E-state index is 0.358. The number of rotatable bonds is 4. The molecule has 0 saturated heterocycles. The second-order valence-corrected chi connectivity index (χ2v) is 4.50. The lowest BCUT2D eigenvalue weighted by atomic mass is 10.2. The van der Waals surface area contributed by atoms with Crippen molar-refractivity contribution in [1.82, 2.24) is 0 Å². The molecule has 0 saturated carbocycles. The van der Waals surface area contributed by atoms with Crippen LogP contribution >= 0.6 is 0 Å². The van der Waals surface area contributed by atoms with Crippen LogP contribution in [0.5, 0.6) is 5.75 Å². The third-order valence-corrected chi connectivity index (χ3v) is 2.91. The van der Waals surface area contributed by atoms with E-state index in [1.54, 1.807) is 7.11 Å². The molecule has 3 N–H and O–H groups in total. The number of nitrogens with zero attached hydrogens (tertiary/aromatic N) is 1. The third kappa shape index (κ3) is 3.54. The first-order chi connectivity index (χ1) is 9.58. The molecular formula is C15H19N3O2. The lowest BCUT2D eigenvalue weighted by Gasteiger charge is -2.07. The zero-order valence-corrected chi connectivity index (χ0v) is 11.9. The van der Waals surface area contributed by atoms with Crippen LogP contribution in [0.4, 0.5) is 5.69 Å². The number of guanidine groups is 1. The van der Waals surface area contributed by atoms with Gasteiger partial charge >= 0.3 is 0 Å². The van der Waals surface area contributed by atoms with Crippen LogP contribution in [-0.2, 0) is 6.54 Å². The van der Waals surface area contributed by atoms with Crippen LogP contribution in [0.3, 0.4) is 0 Å². The highest BCUT2D eigenvalue weighted by molar-refractivity contribution is 5.92.